The highest BCUT2D eigenvalue weighted by atomic mass is 32.1. The van der Waals surface area contributed by atoms with Crippen molar-refractivity contribution in [3.63, 3.8) is 0 Å². The van der Waals surface area contributed by atoms with Gasteiger partial charge in [-0.2, -0.15) is 12.6 Å². The van der Waals surface area contributed by atoms with Gasteiger partial charge in [0.15, 0.2) is 17.5 Å². The van der Waals surface area contributed by atoms with E-state index in [1.54, 1.807) is 0 Å². The normalized spacial score (nSPS) is 10.6. The summed E-state index contributed by atoms with van der Waals surface area (Å²) < 4.78 is 43.4. The predicted octanol–water partition coefficient (Wildman–Crippen LogP) is 3.97. The van der Waals surface area contributed by atoms with Gasteiger partial charge in [0.05, 0.1) is 6.61 Å². The first-order chi connectivity index (χ1) is 8.15. The van der Waals surface area contributed by atoms with E-state index in [2.05, 4.69) is 12.6 Å². The Hall–Kier alpha value is -0.840. The molecule has 5 heteroatoms. The summed E-state index contributed by atoms with van der Waals surface area (Å²) in [4.78, 5) is 0. The Kier molecular flexibility index (Phi) is 6.26. The van der Waals surface area contributed by atoms with Gasteiger partial charge < -0.3 is 4.74 Å². The largest absolute Gasteiger partial charge is 0.493 e. The van der Waals surface area contributed by atoms with Gasteiger partial charge in [0, 0.05) is 12.1 Å². The van der Waals surface area contributed by atoms with Crippen LogP contribution in [0.4, 0.5) is 13.2 Å². The first kappa shape index (κ1) is 14.2. The molecule has 1 nitrogen and oxygen atoms in total. The van der Waals surface area contributed by atoms with E-state index >= 15 is 0 Å². The number of unbranched alkanes of at least 4 members (excludes halogenated alkanes) is 3. The minimum atomic E-state index is -1.47. The molecule has 0 aliphatic heterocycles. The van der Waals surface area contributed by atoms with Gasteiger partial charge in [-0.05, 0) is 18.6 Å². The lowest BCUT2D eigenvalue weighted by Gasteiger charge is -2.06. The minimum absolute atomic E-state index is 0.0237. The van der Waals surface area contributed by atoms with Crippen LogP contribution in [-0.2, 0) is 0 Å². The van der Waals surface area contributed by atoms with E-state index in [0.29, 0.717) is 6.61 Å². The van der Waals surface area contributed by atoms with Crippen LogP contribution in [0.25, 0.3) is 0 Å². The molecule has 17 heavy (non-hydrogen) atoms. The van der Waals surface area contributed by atoms with Crippen molar-refractivity contribution in [2.45, 2.75) is 25.7 Å². The van der Waals surface area contributed by atoms with Gasteiger partial charge in [0.1, 0.15) is 5.75 Å². The molecular formula is C12H15F3OS. The average Bonchev–Trinajstić information content (AvgIpc) is 2.30. The van der Waals surface area contributed by atoms with Crippen LogP contribution in [0, 0.1) is 17.5 Å². The third-order valence-corrected chi connectivity index (χ3v) is 2.59. The SMILES string of the molecule is Fc1cc(OCCCCCCS)cc(F)c1F. The van der Waals surface area contributed by atoms with Crippen molar-refractivity contribution in [1.29, 1.82) is 0 Å². The van der Waals surface area contributed by atoms with Crippen molar-refractivity contribution in [3.05, 3.63) is 29.6 Å². The number of ether oxygens (including phenoxy) is 1. The lowest BCUT2D eigenvalue weighted by Crippen LogP contribution is -2.00. The van der Waals surface area contributed by atoms with Crippen LogP contribution in [0.1, 0.15) is 25.7 Å². The first-order valence-electron chi connectivity index (χ1n) is 5.53. The summed E-state index contributed by atoms with van der Waals surface area (Å²) in [6.45, 7) is 0.372. The van der Waals surface area contributed by atoms with Crippen molar-refractivity contribution in [1.82, 2.24) is 0 Å². The molecule has 1 rings (SSSR count). The van der Waals surface area contributed by atoms with Crippen molar-refractivity contribution >= 4 is 12.6 Å². The van der Waals surface area contributed by atoms with Crippen LogP contribution in [0.5, 0.6) is 5.75 Å². The molecule has 0 saturated carbocycles. The molecule has 0 aromatic heterocycles. The monoisotopic (exact) mass is 264 g/mol. The van der Waals surface area contributed by atoms with Gasteiger partial charge in [-0.1, -0.05) is 12.8 Å². The van der Waals surface area contributed by atoms with Crippen molar-refractivity contribution in [3.8, 4) is 5.75 Å². The Bertz CT molecular complexity index is 335. The van der Waals surface area contributed by atoms with E-state index in [9.17, 15) is 13.2 Å². The highest BCUT2D eigenvalue weighted by Gasteiger charge is 2.10. The topological polar surface area (TPSA) is 9.23 Å². The summed E-state index contributed by atoms with van der Waals surface area (Å²) in [6, 6.07) is 1.71. The molecule has 1 aromatic rings. The molecule has 96 valence electrons. The molecule has 0 aliphatic rings. The Morgan fingerprint density at radius 3 is 2.12 bits per heavy atom. The molecule has 0 bridgehead atoms. The van der Waals surface area contributed by atoms with Gasteiger partial charge in [0.2, 0.25) is 0 Å². The zero-order valence-electron chi connectivity index (χ0n) is 9.39. The number of rotatable bonds is 7. The lowest BCUT2D eigenvalue weighted by molar-refractivity contribution is 0.299. The zero-order chi connectivity index (χ0) is 12.7. The molecule has 0 atom stereocenters. The van der Waals surface area contributed by atoms with Crippen LogP contribution in [-0.4, -0.2) is 12.4 Å². The van der Waals surface area contributed by atoms with Gasteiger partial charge in [-0.25, -0.2) is 13.2 Å². The van der Waals surface area contributed by atoms with Crippen LogP contribution in [0.15, 0.2) is 12.1 Å². The number of benzene rings is 1. The highest BCUT2D eigenvalue weighted by molar-refractivity contribution is 7.80. The van der Waals surface area contributed by atoms with E-state index in [1.807, 2.05) is 0 Å². The van der Waals surface area contributed by atoms with Crippen LogP contribution in [0.2, 0.25) is 0 Å². The quantitative estimate of drug-likeness (QED) is 0.445. The third-order valence-electron chi connectivity index (χ3n) is 2.28. The standard InChI is InChI=1S/C12H15F3OS/c13-10-7-9(8-11(14)12(10)15)16-5-3-1-2-4-6-17/h7-8,17H,1-6H2. The van der Waals surface area contributed by atoms with Crippen molar-refractivity contribution < 1.29 is 17.9 Å². The van der Waals surface area contributed by atoms with Gasteiger partial charge in [-0.3, -0.25) is 0 Å². The molecule has 0 aliphatic carbocycles. The van der Waals surface area contributed by atoms with E-state index in [0.717, 1.165) is 43.6 Å². The molecule has 1 aromatic carbocycles. The Labute approximate surface area is 104 Å². The summed E-state index contributed by atoms with van der Waals surface area (Å²) in [5, 5.41) is 0. The second-order valence-corrected chi connectivity index (χ2v) is 4.13. The molecular weight excluding hydrogens is 249 g/mol. The summed E-state index contributed by atoms with van der Waals surface area (Å²) in [6.07, 6.45) is 3.88. The summed E-state index contributed by atoms with van der Waals surface area (Å²) >= 11 is 4.08. The fraction of sp³-hybridized carbons (Fsp3) is 0.500. The number of thiol groups is 1. The third kappa shape index (κ3) is 4.89. The van der Waals surface area contributed by atoms with E-state index in [4.69, 9.17) is 4.74 Å². The highest BCUT2D eigenvalue weighted by Crippen LogP contribution is 2.19. The average molecular weight is 264 g/mol. The number of hydrogen-bond donors (Lipinski definition) is 1. The number of halogens is 3. The zero-order valence-corrected chi connectivity index (χ0v) is 10.3. The molecule has 0 spiro atoms. The van der Waals surface area contributed by atoms with Gasteiger partial charge in [-0.15, -0.1) is 0 Å². The van der Waals surface area contributed by atoms with Crippen LogP contribution >= 0.6 is 12.6 Å². The van der Waals surface area contributed by atoms with E-state index in [1.165, 1.54) is 0 Å². The smallest absolute Gasteiger partial charge is 0.194 e. The van der Waals surface area contributed by atoms with Gasteiger partial charge >= 0.3 is 0 Å². The second-order valence-electron chi connectivity index (χ2n) is 3.69. The lowest BCUT2D eigenvalue weighted by atomic mass is 10.2. The molecule has 0 amide bonds. The Morgan fingerprint density at radius 2 is 1.53 bits per heavy atom. The minimum Gasteiger partial charge on any atom is -0.493 e. The summed E-state index contributed by atoms with van der Waals surface area (Å²) in [5.74, 6) is -3.04. The maximum absolute atomic E-state index is 12.8. The first-order valence-corrected chi connectivity index (χ1v) is 6.16. The second kappa shape index (κ2) is 7.48. The van der Waals surface area contributed by atoms with Crippen molar-refractivity contribution in [2.24, 2.45) is 0 Å². The molecule has 0 heterocycles. The molecule has 0 saturated heterocycles. The molecule has 0 fully saturated rings. The van der Waals surface area contributed by atoms with Crippen LogP contribution < -0.4 is 4.74 Å². The van der Waals surface area contributed by atoms with Gasteiger partial charge in [0.25, 0.3) is 0 Å². The van der Waals surface area contributed by atoms with Crippen molar-refractivity contribution in [2.75, 3.05) is 12.4 Å². The maximum atomic E-state index is 12.8. The summed E-state index contributed by atoms with van der Waals surface area (Å²) in [5.41, 5.74) is 0. The van der Waals surface area contributed by atoms with E-state index in [-0.39, 0.29) is 5.75 Å². The molecule has 0 unspecified atom stereocenters. The number of hydrogen-bond acceptors (Lipinski definition) is 2. The Morgan fingerprint density at radius 1 is 0.941 bits per heavy atom. The fourth-order valence-electron chi connectivity index (χ4n) is 1.37. The predicted molar refractivity (Wildman–Crippen MR) is 64.1 cm³/mol. The van der Waals surface area contributed by atoms with Crippen LogP contribution in [0.3, 0.4) is 0 Å². The van der Waals surface area contributed by atoms with E-state index < -0.39 is 17.5 Å². The molecule has 0 N–H and O–H groups in total. The molecule has 0 radical (unpaired) electrons. The maximum Gasteiger partial charge on any atom is 0.194 e. The fourth-order valence-corrected chi connectivity index (χ4v) is 1.60. The summed E-state index contributed by atoms with van der Waals surface area (Å²) in [7, 11) is 0. The Balaban J connectivity index is 2.32.